The van der Waals surface area contributed by atoms with Crippen molar-refractivity contribution in [1.82, 2.24) is 0 Å². The number of benzene rings is 1. The van der Waals surface area contributed by atoms with Gasteiger partial charge in [-0.15, -0.1) is 0 Å². The molecule has 0 amide bonds. The maximum atomic E-state index is 13.0. The van der Waals surface area contributed by atoms with Crippen molar-refractivity contribution in [3.05, 3.63) is 47.5 Å². The molecular formula is C14H14FNO. The molecule has 1 aromatic heterocycles. The zero-order chi connectivity index (χ0) is 12.0. The van der Waals surface area contributed by atoms with Gasteiger partial charge in [0.2, 0.25) is 0 Å². The van der Waals surface area contributed by atoms with Crippen molar-refractivity contribution in [2.45, 2.75) is 25.3 Å². The van der Waals surface area contributed by atoms with Gasteiger partial charge in [0.05, 0.1) is 0 Å². The fourth-order valence-corrected chi connectivity index (χ4v) is 2.14. The molecule has 3 heteroatoms. The lowest BCUT2D eigenvalue weighted by Crippen LogP contribution is -2.00. The van der Waals surface area contributed by atoms with E-state index in [1.165, 1.54) is 12.1 Å². The molecule has 1 saturated carbocycles. The highest BCUT2D eigenvalue weighted by molar-refractivity contribution is 5.62. The maximum absolute atomic E-state index is 13.0. The topological polar surface area (TPSA) is 39.2 Å². The van der Waals surface area contributed by atoms with Gasteiger partial charge in [-0.05, 0) is 49.2 Å². The summed E-state index contributed by atoms with van der Waals surface area (Å²) < 4.78 is 18.8. The van der Waals surface area contributed by atoms with Crippen LogP contribution >= 0.6 is 0 Å². The van der Waals surface area contributed by atoms with E-state index < -0.39 is 0 Å². The van der Waals surface area contributed by atoms with Gasteiger partial charge < -0.3 is 10.2 Å². The minimum Gasteiger partial charge on any atom is -0.461 e. The van der Waals surface area contributed by atoms with Crippen LogP contribution in [0.1, 0.15) is 23.7 Å². The largest absolute Gasteiger partial charge is 0.461 e. The summed E-state index contributed by atoms with van der Waals surface area (Å²) in [7, 11) is 0. The van der Waals surface area contributed by atoms with E-state index in [4.69, 9.17) is 10.2 Å². The molecule has 0 unspecified atom stereocenters. The van der Waals surface area contributed by atoms with Crippen molar-refractivity contribution in [3.8, 4) is 11.3 Å². The quantitative estimate of drug-likeness (QED) is 0.862. The van der Waals surface area contributed by atoms with Crippen LogP contribution in [0.2, 0.25) is 0 Å². The number of hydrogen-bond acceptors (Lipinski definition) is 2. The van der Waals surface area contributed by atoms with Gasteiger partial charge >= 0.3 is 0 Å². The smallest absolute Gasteiger partial charge is 0.134 e. The second-order valence-corrected chi connectivity index (χ2v) is 4.67. The van der Waals surface area contributed by atoms with Crippen molar-refractivity contribution in [2.24, 2.45) is 5.73 Å². The molecule has 0 bridgehead atoms. The summed E-state index contributed by atoms with van der Waals surface area (Å²) in [4.78, 5) is 0. The van der Waals surface area contributed by atoms with Gasteiger partial charge in [0.15, 0.2) is 0 Å². The van der Waals surface area contributed by atoms with Crippen molar-refractivity contribution < 1.29 is 8.81 Å². The summed E-state index contributed by atoms with van der Waals surface area (Å²) in [5.74, 6) is 1.87. The second kappa shape index (κ2) is 3.70. The van der Waals surface area contributed by atoms with Crippen LogP contribution in [0, 0.1) is 12.7 Å². The Morgan fingerprint density at radius 1 is 1.29 bits per heavy atom. The van der Waals surface area contributed by atoms with Gasteiger partial charge in [-0.3, -0.25) is 0 Å². The first-order valence-electron chi connectivity index (χ1n) is 5.77. The molecule has 2 nitrogen and oxygen atoms in total. The van der Waals surface area contributed by atoms with Crippen LogP contribution in [0.5, 0.6) is 0 Å². The molecule has 1 fully saturated rings. The maximum Gasteiger partial charge on any atom is 0.134 e. The van der Waals surface area contributed by atoms with E-state index >= 15 is 0 Å². The van der Waals surface area contributed by atoms with Gasteiger partial charge in [-0.25, -0.2) is 4.39 Å². The first-order valence-corrected chi connectivity index (χ1v) is 5.77. The number of hydrogen-bond donors (Lipinski definition) is 1. The summed E-state index contributed by atoms with van der Waals surface area (Å²) >= 11 is 0. The molecule has 1 aliphatic carbocycles. The zero-order valence-corrected chi connectivity index (χ0v) is 9.61. The van der Waals surface area contributed by atoms with E-state index in [-0.39, 0.29) is 11.9 Å². The average Bonchev–Trinajstić information content (AvgIpc) is 2.83. The highest BCUT2D eigenvalue weighted by Crippen LogP contribution is 2.41. The number of rotatable bonds is 2. The molecule has 88 valence electrons. The Balaban J connectivity index is 1.95. The highest BCUT2D eigenvalue weighted by Gasteiger charge is 2.37. The van der Waals surface area contributed by atoms with E-state index in [0.717, 1.165) is 29.1 Å². The Morgan fingerprint density at radius 2 is 2.06 bits per heavy atom. The summed E-state index contributed by atoms with van der Waals surface area (Å²) in [6.07, 6.45) is 0.995. The zero-order valence-electron chi connectivity index (χ0n) is 9.61. The Bertz CT molecular complexity index is 561. The fraction of sp³-hybridized carbons (Fsp3) is 0.286. The van der Waals surface area contributed by atoms with Gasteiger partial charge in [0.1, 0.15) is 17.3 Å². The van der Waals surface area contributed by atoms with E-state index in [1.807, 2.05) is 19.1 Å². The predicted octanol–water partition coefficient (Wildman–Crippen LogP) is 3.21. The summed E-state index contributed by atoms with van der Waals surface area (Å²) in [5.41, 5.74) is 7.60. The number of halogens is 1. The highest BCUT2D eigenvalue weighted by atomic mass is 19.1. The fourth-order valence-electron chi connectivity index (χ4n) is 2.14. The van der Waals surface area contributed by atoms with Crippen LogP contribution in [0.3, 0.4) is 0 Å². The molecule has 1 aromatic carbocycles. The molecule has 1 heterocycles. The third kappa shape index (κ3) is 1.87. The summed E-state index contributed by atoms with van der Waals surface area (Å²) in [5, 5.41) is 0. The number of nitrogens with two attached hydrogens (primary N) is 1. The first-order chi connectivity index (χ1) is 8.15. The molecule has 2 atom stereocenters. The first kappa shape index (κ1) is 10.5. The van der Waals surface area contributed by atoms with Gasteiger partial charge in [0, 0.05) is 17.5 Å². The average molecular weight is 231 g/mol. The molecule has 0 radical (unpaired) electrons. The minimum absolute atomic E-state index is 0.220. The molecule has 0 saturated heterocycles. The van der Waals surface area contributed by atoms with Gasteiger partial charge in [-0.1, -0.05) is 0 Å². The minimum atomic E-state index is -0.220. The Kier molecular flexibility index (Phi) is 2.30. The Morgan fingerprint density at radius 3 is 2.71 bits per heavy atom. The molecule has 2 N–H and O–H groups in total. The number of aryl methyl sites for hydroxylation is 1. The lowest BCUT2D eigenvalue weighted by molar-refractivity contribution is 0.521. The van der Waals surface area contributed by atoms with Crippen LogP contribution in [-0.2, 0) is 0 Å². The van der Waals surface area contributed by atoms with Crippen LogP contribution in [0.25, 0.3) is 11.3 Å². The Labute approximate surface area is 99.2 Å². The van der Waals surface area contributed by atoms with E-state index in [2.05, 4.69) is 0 Å². The standard InChI is InChI=1S/C14H14FNO/c1-8-6-9(15)2-3-10(8)13-4-5-14(17-13)11-7-12(11)16/h2-6,11-12H,7,16H2,1H3/t11-,12-/m1/s1. The SMILES string of the molecule is Cc1cc(F)ccc1-c1ccc([C@@H]2C[C@H]2N)o1. The summed E-state index contributed by atoms with van der Waals surface area (Å²) in [6, 6.07) is 8.85. The lowest BCUT2D eigenvalue weighted by Gasteiger charge is -2.02. The van der Waals surface area contributed by atoms with Crippen LogP contribution in [-0.4, -0.2) is 6.04 Å². The van der Waals surface area contributed by atoms with Crippen LogP contribution in [0.15, 0.2) is 34.7 Å². The molecule has 17 heavy (non-hydrogen) atoms. The van der Waals surface area contributed by atoms with Crippen LogP contribution in [0.4, 0.5) is 4.39 Å². The van der Waals surface area contributed by atoms with E-state index in [1.54, 1.807) is 6.07 Å². The second-order valence-electron chi connectivity index (χ2n) is 4.67. The van der Waals surface area contributed by atoms with Gasteiger partial charge in [-0.2, -0.15) is 0 Å². The molecule has 0 aliphatic heterocycles. The third-order valence-electron chi connectivity index (χ3n) is 3.29. The van der Waals surface area contributed by atoms with E-state index in [0.29, 0.717) is 5.92 Å². The Hall–Kier alpha value is -1.61. The van der Waals surface area contributed by atoms with Crippen molar-refractivity contribution in [2.75, 3.05) is 0 Å². The van der Waals surface area contributed by atoms with Crippen molar-refractivity contribution >= 4 is 0 Å². The summed E-state index contributed by atoms with van der Waals surface area (Å²) in [6.45, 7) is 1.88. The van der Waals surface area contributed by atoms with Gasteiger partial charge in [0.25, 0.3) is 0 Å². The third-order valence-corrected chi connectivity index (χ3v) is 3.29. The van der Waals surface area contributed by atoms with E-state index in [9.17, 15) is 4.39 Å². The monoisotopic (exact) mass is 231 g/mol. The molecular weight excluding hydrogens is 217 g/mol. The predicted molar refractivity (Wildman–Crippen MR) is 64.2 cm³/mol. The molecule has 1 aliphatic rings. The van der Waals surface area contributed by atoms with Crippen LogP contribution < -0.4 is 5.73 Å². The normalized spacial score (nSPS) is 22.8. The molecule has 2 aromatic rings. The van der Waals surface area contributed by atoms with Crippen molar-refractivity contribution in [3.63, 3.8) is 0 Å². The number of furan rings is 1. The van der Waals surface area contributed by atoms with Crippen molar-refractivity contribution in [1.29, 1.82) is 0 Å². The molecule has 3 rings (SSSR count). The molecule has 0 spiro atoms. The lowest BCUT2D eigenvalue weighted by atomic mass is 10.1.